The van der Waals surface area contributed by atoms with Crippen molar-refractivity contribution in [1.29, 1.82) is 0 Å². The number of fused-ring (bicyclic) bond motifs is 3. The van der Waals surface area contributed by atoms with Gasteiger partial charge in [-0.25, -0.2) is 0 Å². The van der Waals surface area contributed by atoms with Crippen LogP contribution in [0, 0.1) is 28.1 Å². The van der Waals surface area contributed by atoms with E-state index in [1.165, 1.54) is 0 Å². The fourth-order valence-corrected chi connectivity index (χ4v) is 11.9. The van der Waals surface area contributed by atoms with Crippen LogP contribution in [0.5, 0.6) is 0 Å². The van der Waals surface area contributed by atoms with Crippen LogP contribution in [0.1, 0.15) is 72.1 Å². The Morgan fingerprint density at radius 2 is 1.20 bits per heavy atom. The fourth-order valence-electron chi connectivity index (χ4n) is 11.9. The van der Waals surface area contributed by atoms with Gasteiger partial charge in [-0.2, -0.15) is 0 Å². The molecule has 2 bridgehead atoms. The lowest BCUT2D eigenvalue weighted by Gasteiger charge is -2.64. The average molecular weight is 805 g/mol. The summed E-state index contributed by atoms with van der Waals surface area (Å²) >= 11 is 0. The molecule has 18 nitrogen and oxygen atoms in total. The molecule has 3 heterocycles. The van der Waals surface area contributed by atoms with Gasteiger partial charge in [0.1, 0.15) is 73.2 Å². The summed E-state index contributed by atoms with van der Waals surface area (Å²) in [6, 6.07) is 0. The van der Waals surface area contributed by atoms with Crippen molar-refractivity contribution in [2.24, 2.45) is 28.1 Å². The third-order valence-corrected chi connectivity index (χ3v) is 14.9. The first-order chi connectivity index (χ1) is 26.4. The molecule has 0 aromatic heterocycles. The van der Waals surface area contributed by atoms with Gasteiger partial charge in [-0.15, -0.1) is 0 Å². The molecule has 0 amide bonds. The van der Waals surface area contributed by atoms with Crippen molar-refractivity contribution >= 4 is 5.97 Å². The van der Waals surface area contributed by atoms with Crippen molar-refractivity contribution in [2.75, 3.05) is 19.8 Å². The molecular weight excluding hydrogens is 744 g/mol. The van der Waals surface area contributed by atoms with Crippen LogP contribution in [0.15, 0.2) is 11.6 Å². The monoisotopic (exact) mass is 804 g/mol. The molecule has 0 radical (unpaired) electrons. The lowest BCUT2D eigenvalue weighted by Crippen LogP contribution is -2.68. The second-order valence-corrected chi connectivity index (χ2v) is 17.9. The molecule has 0 aromatic rings. The number of carbonyl (C=O) groups is 1. The number of hydrogen-bond donors (Lipinski definition) is 11. The predicted molar refractivity (Wildman–Crippen MR) is 187 cm³/mol. The zero-order valence-electron chi connectivity index (χ0n) is 31.9. The van der Waals surface area contributed by atoms with Crippen molar-refractivity contribution in [3.05, 3.63) is 11.6 Å². The molecule has 11 N–H and O–H groups in total. The Morgan fingerprint density at radius 3 is 1.75 bits per heavy atom. The Bertz CT molecular complexity index is 1460. The third-order valence-electron chi connectivity index (χ3n) is 14.9. The average Bonchev–Trinajstić information content (AvgIpc) is 3.36. The lowest BCUT2D eigenvalue weighted by atomic mass is 9.40. The van der Waals surface area contributed by atoms with Gasteiger partial charge < -0.3 is 84.6 Å². The van der Waals surface area contributed by atoms with E-state index in [0.717, 1.165) is 24.8 Å². The van der Waals surface area contributed by atoms with Crippen LogP contribution in [0.3, 0.4) is 0 Å². The molecular formula is C38H60O18. The molecule has 56 heavy (non-hydrogen) atoms. The van der Waals surface area contributed by atoms with Crippen molar-refractivity contribution in [1.82, 2.24) is 0 Å². The van der Waals surface area contributed by atoms with E-state index in [-0.39, 0.29) is 22.7 Å². The number of carboxylic acid groups (broad SMARTS) is 1. The maximum atomic E-state index is 12.7. The highest BCUT2D eigenvalue weighted by molar-refractivity contribution is 5.75. The summed E-state index contributed by atoms with van der Waals surface area (Å²) in [5.74, 6) is -0.619. The van der Waals surface area contributed by atoms with Crippen LogP contribution in [-0.2, 0) is 33.2 Å². The molecule has 7 rings (SSSR count). The van der Waals surface area contributed by atoms with Crippen molar-refractivity contribution < 1.29 is 89.4 Å². The minimum atomic E-state index is -1.91. The maximum Gasteiger partial charge on any atom is 0.309 e. The van der Waals surface area contributed by atoms with Crippen molar-refractivity contribution in [3.8, 4) is 0 Å². The number of aliphatic hydroxyl groups is 10. The first-order valence-corrected chi connectivity index (χ1v) is 19.9. The second kappa shape index (κ2) is 15.6. The standard InChI is InChI=1S/C38H60O18/c1-16-11-37-9-5-20-35(2,7-4-8-36(20,3)34(49)50)21(37)6-10-38(16,15-37)56-33-30(55-32-28(48)26(46)23(43)18(13-40)52-32)29(24(44)19(14-41)53-33)54-31-27(47)25(45)22(42)17(12-39)51-31/h11,17-33,39-48H,4-10,12-15H2,1-3H3,(H,49,50)/t17?,18?,19?,20-,21-,22?,23?,24?,25?,26?,27?,28?,29?,30?,31?,32?,33?,35+,36+,37+,38-/m0/s1. The van der Waals surface area contributed by atoms with E-state index in [2.05, 4.69) is 13.0 Å². The van der Waals surface area contributed by atoms with Gasteiger partial charge in [0.05, 0.1) is 30.8 Å². The molecule has 0 aromatic carbocycles. The molecule has 18 heteroatoms. The van der Waals surface area contributed by atoms with Gasteiger partial charge >= 0.3 is 5.97 Å². The van der Waals surface area contributed by atoms with E-state index in [1.807, 2.05) is 13.8 Å². The van der Waals surface area contributed by atoms with Crippen LogP contribution < -0.4 is 0 Å². The van der Waals surface area contributed by atoms with E-state index < -0.39 is 129 Å². The van der Waals surface area contributed by atoms with E-state index in [0.29, 0.717) is 32.1 Å². The first-order valence-electron chi connectivity index (χ1n) is 19.9. The topological polar surface area (TPSA) is 295 Å². The van der Waals surface area contributed by atoms with E-state index in [9.17, 15) is 61.0 Å². The summed E-state index contributed by atoms with van der Waals surface area (Å²) in [6.07, 6.45) is -17.5. The smallest absolute Gasteiger partial charge is 0.309 e. The molecule has 7 aliphatic rings. The zero-order valence-corrected chi connectivity index (χ0v) is 31.9. The van der Waals surface area contributed by atoms with Gasteiger partial charge in [-0.1, -0.05) is 19.4 Å². The fraction of sp³-hybridized carbons (Fsp3) is 0.921. The molecule has 3 saturated carbocycles. The number of allylic oxidation sites excluding steroid dienone is 1. The summed E-state index contributed by atoms with van der Waals surface area (Å²) in [6.45, 7) is 3.77. The number of rotatable bonds is 10. The molecule has 1 spiro atoms. The number of hydrogen-bond acceptors (Lipinski definition) is 17. The molecule has 4 aliphatic carbocycles. The highest BCUT2D eigenvalue weighted by Gasteiger charge is 2.68. The van der Waals surface area contributed by atoms with Gasteiger partial charge in [-0.3, -0.25) is 4.79 Å². The summed E-state index contributed by atoms with van der Waals surface area (Å²) in [7, 11) is 0. The normalized spacial score (nSPS) is 54.5. The number of aliphatic hydroxyl groups excluding tert-OH is 10. The van der Waals surface area contributed by atoms with Gasteiger partial charge in [0.25, 0.3) is 0 Å². The third kappa shape index (κ3) is 6.69. The molecule has 6 fully saturated rings. The Balaban J connectivity index is 1.22. The molecule has 3 aliphatic heterocycles. The van der Waals surface area contributed by atoms with Gasteiger partial charge in [0.15, 0.2) is 18.9 Å². The largest absolute Gasteiger partial charge is 0.481 e. The zero-order chi connectivity index (χ0) is 40.7. The van der Waals surface area contributed by atoms with Gasteiger partial charge in [0, 0.05) is 0 Å². The predicted octanol–water partition coefficient (Wildman–Crippen LogP) is -2.37. The van der Waals surface area contributed by atoms with E-state index in [1.54, 1.807) is 0 Å². The Morgan fingerprint density at radius 1 is 0.679 bits per heavy atom. The van der Waals surface area contributed by atoms with Gasteiger partial charge in [-0.05, 0) is 87.0 Å². The van der Waals surface area contributed by atoms with Crippen molar-refractivity contribution in [3.63, 3.8) is 0 Å². The number of carboxylic acids is 1. The summed E-state index contributed by atoms with van der Waals surface area (Å²) in [5, 5.41) is 116. The molecule has 320 valence electrons. The molecule has 15 unspecified atom stereocenters. The van der Waals surface area contributed by atoms with Crippen LogP contribution in [0.2, 0.25) is 0 Å². The minimum Gasteiger partial charge on any atom is -0.481 e. The summed E-state index contributed by atoms with van der Waals surface area (Å²) in [4.78, 5) is 12.7. The van der Waals surface area contributed by atoms with Gasteiger partial charge in [0.2, 0.25) is 0 Å². The summed E-state index contributed by atoms with van der Waals surface area (Å²) in [5.41, 5.74) is -1.51. The maximum absolute atomic E-state index is 12.7. The van der Waals surface area contributed by atoms with E-state index in [4.69, 9.17) is 28.4 Å². The number of aliphatic carboxylic acids is 1. The summed E-state index contributed by atoms with van der Waals surface area (Å²) < 4.78 is 36.7. The van der Waals surface area contributed by atoms with Crippen LogP contribution in [0.25, 0.3) is 0 Å². The minimum absolute atomic E-state index is 0.00952. The molecule has 21 atom stereocenters. The van der Waals surface area contributed by atoms with E-state index >= 15 is 0 Å². The highest BCUT2D eigenvalue weighted by Crippen LogP contribution is 2.72. The van der Waals surface area contributed by atoms with Crippen LogP contribution in [-0.4, -0.2) is 180 Å². The second-order valence-electron chi connectivity index (χ2n) is 17.9. The highest BCUT2D eigenvalue weighted by atomic mass is 16.8. The van der Waals surface area contributed by atoms with Crippen LogP contribution >= 0.6 is 0 Å². The lowest BCUT2D eigenvalue weighted by molar-refractivity contribution is -0.400. The van der Waals surface area contributed by atoms with Crippen molar-refractivity contribution in [2.45, 2.75) is 170 Å². The Kier molecular flexibility index (Phi) is 11.9. The van der Waals surface area contributed by atoms with Crippen LogP contribution in [0.4, 0.5) is 0 Å². The quantitative estimate of drug-likeness (QED) is 0.0812. The molecule has 3 saturated heterocycles. The SMILES string of the molecule is CC1=C[C@@]23CC[C@H]4[C@@](C)(CCC[C@@]4(C)C(=O)O)[C@@H]2CC[C@]1(OC1OC(CO)C(O)C(OC2OC(CO)C(O)C(O)C2O)C1OC1OC(CO)C(O)C(O)C1O)C3. The Labute approximate surface area is 324 Å². The Hall–Kier alpha value is -1.43. The first kappa shape index (κ1) is 42.7. The number of ether oxygens (including phenoxy) is 6.